The van der Waals surface area contributed by atoms with E-state index in [1.54, 1.807) is 14.2 Å². The Labute approximate surface area is 107 Å². The van der Waals surface area contributed by atoms with Crippen molar-refractivity contribution in [1.82, 2.24) is 5.32 Å². The minimum atomic E-state index is -0.364. The van der Waals surface area contributed by atoms with Gasteiger partial charge in [0.15, 0.2) is 0 Å². The van der Waals surface area contributed by atoms with Crippen molar-refractivity contribution in [3.8, 4) is 5.75 Å². The third-order valence-corrected chi connectivity index (χ3v) is 2.79. The van der Waals surface area contributed by atoms with Crippen LogP contribution in [0.2, 0.25) is 0 Å². The predicted molar refractivity (Wildman–Crippen MR) is 67.2 cm³/mol. The Balaban J connectivity index is 2.59. The van der Waals surface area contributed by atoms with Crippen LogP contribution in [0.1, 0.15) is 18.5 Å². The smallest absolute Gasteiger partial charge is 0.123 e. The van der Waals surface area contributed by atoms with Crippen LogP contribution in [-0.2, 0) is 9.47 Å². The van der Waals surface area contributed by atoms with E-state index >= 15 is 0 Å². The Morgan fingerprint density at radius 1 is 1.39 bits per heavy atom. The summed E-state index contributed by atoms with van der Waals surface area (Å²) in [6.45, 7) is 2.89. The van der Waals surface area contributed by atoms with Crippen LogP contribution in [0.15, 0.2) is 18.2 Å². The van der Waals surface area contributed by atoms with E-state index in [1.165, 1.54) is 18.2 Å². The first-order valence-corrected chi connectivity index (χ1v) is 5.82. The standard InChI is InChI=1S/C13H20FNO3/c1-9(15-7-11(18-3)8-17-2)12-6-10(14)4-5-13(12)16/h4-6,9,11,15-16H,7-8H2,1-3H3. The SMILES string of the molecule is COCC(CNC(C)c1cc(F)ccc1O)OC. The second-order valence-electron chi connectivity index (χ2n) is 4.15. The van der Waals surface area contributed by atoms with Gasteiger partial charge in [-0.2, -0.15) is 0 Å². The molecule has 0 heterocycles. The molecule has 0 radical (unpaired) electrons. The maximum absolute atomic E-state index is 13.1. The fourth-order valence-corrected chi connectivity index (χ4v) is 1.69. The van der Waals surface area contributed by atoms with E-state index < -0.39 is 0 Å². The molecule has 0 saturated heterocycles. The maximum atomic E-state index is 13.1. The lowest BCUT2D eigenvalue weighted by atomic mass is 10.1. The number of halogens is 1. The van der Waals surface area contributed by atoms with Crippen molar-refractivity contribution < 1.29 is 19.0 Å². The molecular weight excluding hydrogens is 237 g/mol. The molecule has 1 rings (SSSR count). The van der Waals surface area contributed by atoms with Crippen LogP contribution in [0.3, 0.4) is 0 Å². The molecule has 0 bridgehead atoms. The number of benzene rings is 1. The predicted octanol–water partition coefficient (Wildman–Crippen LogP) is 1.84. The summed E-state index contributed by atoms with van der Waals surface area (Å²) in [5, 5.41) is 12.8. The molecule has 0 spiro atoms. The minimum Gasteiger partial charge on any atom is -0.508 e. The summed E-state index contributed by atoms with van der Waals surface area (Å²) in [6.07, 6.45) is -0.0758. The average molecular weight is 257 g/mol. The molecule has 102 valence electrons. The molecule has 1 aromatic carbocycles. The monoisotopic (exact) mass is 257 g/mol. The number of hydrogen-bond acceptors (Lipinski definition) is 4. The number of phenols is 1. The number of methoxy groups -OCH3 is 2. The van der Waals surface area contributed by atoms with Crippen molar-refractivity contribution in [2.24, 2.45) is 0 Å². The van der Waals surface area contributed by atoms with Gasteiger partial charge in [0.05, 0.1) is 12.7 Å². The first-order valence-electron chi connectivity index (χ1n) is 5.82. The van der Waals surface area contributed by atoms with Crippen LogP contribution >= 0.6 is 0 Å². The van der Waals surface area contributed by atoms with Crippen molar-refractivity contribution in [3.63, 3.8) is 0 Å². The quantitative estimate of drug-likeness (QED) is 0.782. The molecule has 1 aromatic rings. The van der Waals surface area contributed by atoms with Crippen LogP contribution in [0.5, 0.6) is 5.75 Å². The number of hydrogen-bond donors (Lipinski definition) is 2. The molecule has 2 atom stereocenters. The number of ether oxygens (including phenoxy) is 2. The lowest BCUT2D eigenvalue weighted by Crippen LogP contribution is -2.33. The lowest BCUT2D eigenvalue weighted by Gasteiger charge is -2.20. The van der Waals surface area contributed by atoms with E-state index in [0.29, 0.717) is 18.7 Å². The molecule has 0 aliphatic carbocycles. The molecule has 0 aliphatic heterocycles. The Morgan fingerprint density at radius 3 is 2.72 bits per heavy atom. The summed E-state index contributed by atoms with van der Waals surface area (Å²) in [5.74, 6) is -0.284. The molecule has 0 saturated carbocycles. The highest BCUT2D eigenvalue weighted by molar-refractivity contribution is 5.34. The Morgan fingerprint density at radius 2 is 2.11 bits per heavy atom. The summed E-state index contributed by atoms with van der Waals surface area (Å²) in [6, 6.07) is 3.74. The number of phenolic OH excluding ortho intramolecular Hbond substituents is 1. The summed E-state index contributed by atoms with van der Waals surface area (Å²) >= 11 is 0. The van der Waals surface area contributed by atoms with E-state index in [2.05, 4.69) is 5.32 Å². The van der Waals surface area contributed by atoms with E-state index in [9.17, 15) is 9.50 Å². The highest BCUT2D eigenvalue weighted by Gasteiger charge is 2.13. The Bertz CT molecular complexity index is 373. The number of nitrogens with one attached hydrogen (secondary N) is 1. The van der Waals surface area contributed by atoms with Gasteiger partial charge in [-0.05, 0) is 25.1 Å². The molecule has 18 heavy (non-hydrogen) atoms. The topological polar surface area (TPSA) is 50.7 Å². The average Bonchev–Trinajstić information content (AvgIpc) is 2.37. The third-order valence-electron chi connectivity index (χ3n) is 2.79. The molecule has 0 amide bonds. The van der Waals surface area contributed by atoms with Gasteiger partial charge in [0.1, 0.15) is 11.6 Å². The van der Waals surface area contributed by atoms with Crippen molar-refractivity contribution in [2.75, 3.05) is 27.4 Å². The van der Waals surface area contributed by atoms with Gasteiger partial charge in [-0.3, -0.25) is 0 Å². The van der Waals surface area contributed by atoms with Gasteiger partial charge in [0, 0.05) is 32.4 Å². The fourth-order valence-electron chi connectivity index (χ4n) is 1.69. The van der Waals surface area contributed by atoms with Crippen LogP contribution in [0.25, 0.3) is 0 Å². The van der Waals surface area contributed by atoms with Crippen LogP contribution in [-0.4, -0.2) is 38.6 Å². The Hall–Kier alpha value is -1.17. The number of aromatic hydroxyl groups is 1. The summed E-state index contributed by atoms with van der Waals surface area (Å²) in [5.41, 5.74) is 0.530. The zero-order valence-electron chi connectivity index (χ0n) is 10.9. The first-order chi connectivity index (χ1) is 8.58. The lowest BCUT2D eigenvalue weighted by molar-refractivity contribution is 0.0276. The van der Waals surface area contributed by atoms with Crippen LogP contribution in [0, 0.1) is 5.82 Å². The van der Waals surface area contributed by atoms with Crippen molar-refractivity contribution >= 4 is 0 Å². The van der Waals surface area contributed by atoms with E-state index in [4.69, 9.17) is 9.47 Å². The highest BCUT2D eigenvalue weighted by atomic mass is 19.1. The zero-order valence-corrected chi connectivity index (χ0v) is 10.9. The fraction of sp³-hybridized carbons (Fsp3) is 0.538. The molecule has 4 nitrogen and oxygen atoms in total. The van der Waals surface area contributed by atoms with E-state index in [0.717, 1.165) is 0 Å². The van der Waals surface area contributed by atoms with Crippen molar-refractivity contribution in [2.45, 2.75) is 19.1 Å². The van der Waals surface area contributed by atoms with Gasteiger partial charge >= 0.3 is 0 Å². The van der Waals surface area contributed by atoms with Crippen LogP contribution in [0.4, 0.5) is 4.39 Å². The molecule has 0 fully saturated rings. The van der Waals surface area contributed by atoms with E-state index in [1.807, 2.05) is 6.92 Å². The van der Waals surface area contributed by atoms with Gasteiger partial charge in [-0.25, -0.2) is 4.39 Å². The molecular formula is C13H20FNO3. The van der Waals surface area contributed by atoms with Crippen molar-refractivity contribution in [1.29, 1.82) is 0 Å². The summed E-state index contributed by atoms with van der Waals surface area (Å²) in [4.78, 5) is 0. The minimum absolute atomic E-state index is 0.0758. The largest absolute Gasteiger partial charge is 0.508 e. The van der Waals surface area contributed by atoms with Crippen molar-refractivity contribution in [3.05, 3.63) is 29.6 Å². The summed E-state index contributed by atoms with van der Waals surface area (Å²) in [7, 11) is 3.21. The van der Waals surface area contributed by atoms with Gasteiger partial charge < -0.3 is 19.9 Å². The highest BCUT2D eigenvalue weighted by Crippen LogP contribution is 2.24. The van der Waals surface area contributed by atoms with Gasteiger partial charge in [-0.15, -0.1) is 0 Å². The third kappa shape index (κ3) is 4.25. The second kappa shape index (κ2) is 7.31. The normalized spacial score (nSPS) is 14.4. The molecule has 5 heteroatoms. The van der Waals surface area contributed by atoms with Gasteiger partial charge in [0.2, 0.25) is 0 Å². The molecule has 2 N–H and O–H groups in total. The maximum Gasteiger partial charge on any atom is 0.123 e. The van der Waals surface area contributed by atoms with Gasteiger partial charge in [-0.1, -0.05) is 0 Å². The van der Waals surface area contributed by atoms with Gasteiger partial charge in [0.25, 0.3) is 0 Å². The molecule has 0 aliphatic rings. The summed E-state index contributed by atoms with van der Waals surface area (Å²) < 4.78 is 23.3. The first kappa shape index (κ1) is 14.9. The zero-order chi connectivity index (χ0) is 13.5. The number of rotatable bonds is 7. The van der Waals surface area contributed by atoms with E-state index in [-0.39, 0.29) is 23.7 Å². The Kier molecular flexibility index (Phi) is 6.04. The molecule has 2 unspecified atom stereocenters. The van der Waals surface area contributed by atoms with Crippen LogP contribution < -0.4 is 5.32 Å². The molecule has 0 aromatic heterocycles. The second-order valence-corrected chi connectivity index (χ2v) is 4.15.